The van der Waals surface area contributed by atoms with Crippen molar-refractivity contribution in [3.05, 3.63) is 205 Å². The number of hydrogen-bond donors (Lipinski definition) is 0. The van der Waals surface area contributed by atoms with Crippen molar-refractivity contribution in [2.75, 3.05) is 4.90 Å². The zero-order chi connectivity index (χ0) is 37.5. The molecule has 10 aromatic rings. The normalized spacial score (nSPS) is 13.1. The molecule has 11 rings (SSSR count). The summed E-state index contributed by atoms with van der Waals surface area (Å²) in [5.74, 6) is 0. The lowest BCUT2D eigenvalue weighted by atomic mass is 9.81. The molecule has 0 aliphatic heterocycles. The van der Waals surface area contributed by atoms with Crippen LogP contribution < -0.4 is 4.90 Å². The third kappa shape index (κ3) is 4.89. The Morgan fingerprint density at radius 2 is 1.12 bits per heavy atom. The first-order chi connectivity index (χ1) is 27.4. The van der Waals surface area contributed by atoms with Crippen LogP contribution in [0.15, 0.2) is 188 Å². The molecule has 0 atom stereocenters. The zero-order valence-electron chi connectivity index (χ0n) is 31.8. The van der Waals surface area contributed by atoms with E-state index in [9.17, 15) is 0 Å². The number of hydrogen-bond acceptors (Lipinski definition) is 1. The van der Waals surface area contributed by atoms with Crippen LogP contribution in [0.3, 0.4) is 0 Å². The predicted octanol–water partition coefficient (Wildman–Crippen LogP) is 14.8. The summed E-state index contributed by atoms with van der Waals surface area (Å²) in [6.07, 6.45) is 0. The van der Waals surface area contributed by atoms with E-state index < -0.39 is 0 Å². The largest absolute Gasteiger partial charge is 0.310 e. The van der Waals surface area contributed by atoms with Gasteiger partial charge in [0, 0.05) is 38.6 Å². The molecule has 0 radical (unpaired) electrons. The first-order valence-corrected chi connectivity index (χ1v) is 19.6. The van der Waals surface area contributed by atoms with Gasteiger partial charge in [-0.2, -0.15) is 0 Å². The smallest absolute Gasteiger partial charge is 0.0543 e. The van der Waals surface area contributed by atoms with Crippen molar-refractivity contribution < 1.29 is 0 Å². The second-order valence-corrected chi connectivity index (χ2v) is 15.9. The third-order valence-electron chi connectivity index (χ3n) is 12.2. The van der Waals surface area contributed by atoms with Crippen LogP contribution in [0.25, 0.3) is 71.3 Å². The summed E-state index contributed by atoms with van der Waals surface area (Å²) in [6, 6.07) is 69.5. The number of para-hydroxylation sites is 1. The molecule has 1 heterocycles. The monoisotopic (exact) mass is 716 g/mol. The van der Waals surface area contributed by atoms with Gasteiger partial charge in [-0.15, -0.1) is 0 Å². The molecule has 1 aromatic heterocycles. The number of anilines is 3. The first kappa shape index (κ1) is 32.5. The molecule has 56 heavy (non-hydrogen) atoms. The predicted molar refractivity (Wildman–Crippen MR) is 238 cm³/mol. The molecule has 1 aliphatic carbocycles. The Bertz CT molecular complexity index is 3170. The molecule has 0 saturated heterocycles. The molecule has 266 valence electrons. The molecule has 2 heteroatoms. The fourth-order valence-corrected chi connectivity index (χ4v) is 9.42. The van der Waals surface area contributed by atoms with Crippen LogP contribution >= 0.6 is 0 Å². The maximum absolute atomic E-state index is 2.48. The van der Waals surface area contributed by atoms with E-state index in [0.717, 1.165) is 11.4 Å². The van der Waals surface area contributed by atoms with E-state index in [-0.39, 0.29) is 5.41 Å². The molecule has 0 bridgehead atoms. The van der Waals surface area contributed by atoms with Crippen molar-refractivity contribution in [1.82, 2.24) is 4.57 Å². The summed E-state index contributed by atoms with van der Waals surface area (Å²) in [4.78, 5) is 2.45. The Hall–Kier alpha value is -6.90. The van der Waals surface area contributed by atoms with Crippen LogP contribution in [0, 0.1) is 6.92 Å². The zero-order valence-corrected chi connectivity index (χ0v) is 31.8. The summed E-state index contributed by atoms with van der Waals surface area (Å²) in [5, 5.41) is 7.55. The van der Waals surface area contributed by atoms with Crippen LogP contribution in [-0.2, 0) is 5.41 Å². The van der Waals surface area contributed by atoms with Gasteiger partial charge in [-0.1, -0.05) is 141 Å². The van der Waals surface area contributed by atoms with Crippen molar-refractivity contribution >= 4 is 60.4 Å². The van der Waals surface area contributed by atoms with Gasteiger partial charge in [0.1, 0.15) is 0 Å². The fraction of sp³-hybridized carbons (Fsp3) is 0.0741. The lowest BCUT2D eigenvalue weighted by molar-refractivity contribution is 0.660. The van der Waals surface area contributed by atoms with Crippen LogP contribution in [0.2, 0.25) is 0 Å². The van der Waals surface area contributed by atoms with Crippen molar-refractivity contribution in [2.45, 2.75) is 26.2 Å². The Morgan fingerprint density at radius 1 is 0.446 bits per heavy atom. The second kappa shape index (κ2) is 12.3. The summed E-state index contributed by atoms with van der Waals surface area (Å²) in [5.41, 5.74) is 16.0. The van der Waals surface area contributed by atoms with Crippen molar-refractivity contribution in [3.8, 4) is 27.9 Å². The van der Waals surface area contributed by atoms with E-state index >= 15 is 0 Å². The van der Waals surface area contributed by atoms with Gasteiger partial charge in [-0.05, 0) is 123 Å². The number of fused-ring (bicyclic) bond motifs is 9. The molecular weight excluding hydrogens is 677 g/mol. The number of nitrogens with zero attached hydrogens (tertiary/aromatic N) is 2. The Morgan fingerprint density at radius 3 is 1.93 bits per heavy atom. The number of aryl methyl sites for hydroxylation is 1. The molecule has 0 saturated carbocycles. The van der Waals surface area contributed by atoms with Gasteiger partial charge in [-0.25, -0.2) is 0 Å². The molecule has 2 nitrogen and oxygen atoms in total. The lowest BCUT2D eigenvalue weighted by Crippen LogP contribution is -2.17. The second-order valence-electron chi connectivity index (χ2n) is 15.9. The quantitative estimate of drug-likeness (QED) is 0.172. The maximum atomic E-state index is 2.48. The van der Waals surface area contributed by atoms with E-state index in [0.29, 0.717) is 0 Å². The molecular formula is C54H40N2. The van der Waals surface area contributed by atoms with Crippen LogP contribution in [-0.4, -0.2) is 4.57 Å². The van der Waals surface area contributed by atoms with Gasteiger partial charge in [-0.3, -0.25) is 0 Å². The van der Waals surface area contributed by atoms with Crippen LogP contribution in [0.4, 0.5) is 17.1 Å². The van der Waals surface area contributed by atoms with Crippen molar-refractivity contribution in [3.63, 3.8) is 0 Å². The summed E-state index contributed by atoms with van der Waals surface area (Å²) >= 11 is 0. The van der Waals surface area contributed by atoms with Gasteiger partial charge in [0.25, 0.3) is 0 Å². The molecule has 0 amide bonds. The highest BCUT2D eigenvalue weighted by atomic mass is 15.1. The molecule has 0 spiro atoms. The van der Waals surface area contributed by atoms with Gasteiger partial charge < -0.3 is 9.47 Å². The highest BCUT2D eigenvalue weighted by Gasteiger charge is 2.38. The first-order valence-electron chi connectivity index (χ1n) is 19.6. The number of benzene rings is 9. The highest BCUT2D eigenvalue weighted by molar-refractivity contribution is 6.12. The Balaban J connectivity index is 1.12. The minimum absolute atomic E-state index is 0.249. The molecule has 0 unspecified atom stereocenters. The number of aromatic nitrogens is 1. The molecule has 9 aromatic carbocycles. The van der Waals surface area contributed by atoms with Crippen molar-refractivity contribution in [2.24, 2.45) is 0 Å². The average Bonchev–Trinajstić information content (AvgIpc) is 3.68. The van der Waals surface area contributed by atoms with Gasteiger partial charge in [0.05, 0.1) is 16.7 Å². The highest BCUT2D eigenvalue weighted by Crippen LogP contribution is 2.55. The molecule has 1 aliphatic rings. The van der Waals surface area contributed by atoms with E-state index in [4.69, 9.17) is 0 Å². The minimum atomic E-state index is -0.249. The topological polar surface area (TPSA) is 8.17 Å². The van der Waals surface area contributed by atoms with E-state index in [1.165, 1.54) is 93.7 Å². The van der Waals surface area contributed by atoms with Crippen LogP contribution in [0.1, 0.15) is 30.5 Å². The van der Waals surface area contributed by atoms with E-state index in [1.54, 1.807) is 0 Å². The molecule has 0 fully saturated rings. The van der Waals surface area contributed by atoms with E-state index in [1.807, 2.05) is 0 Å². The third-order valence-corrected chi connectivity index (χ3v) is 12.2. The Labute approximate surface area is 327 Å². The molecule has 0 N–H and O–H groups in total. The van der Waals surface area contributed by atoms with Gasteiger partial charge in [0.2, 0.25) is 0 Å². The standard InChI is InChI=1S/C54H40N2/c1-35-22-28-50-46(30-35)47-32-39(36-14-6-4-7-15-36)24-29-51(47)56(50)42-26-27-45-48(33-42)54(2,3)49-34-52(43-20-12-13-21-44(43)53(45)49)55(40-18-8-5-9-19-40)41-25-23-37-16-10-11-17-38(37)31-41/h4-34H,1-3H3. The summed E-state index contributed by atoms with van der Waals surface area (Å²) in [6.45, 7) is 7.00. The van der Waals surface area contributed by atoms with Gasteiger partial charge in [0.15, 0.2) is 0 Å². The van der Waals surface area contributed by atoms with Crippen molar-refractivity contribution in [1.29, 1.82) is 0 Å². The van der Waals surface area contributed by atoms with E-state index in [2.05, 4.69) is 218 Å². The lowest BCUT2D eigenvalue weighted by Gasteiger charge is -2.30. The Kier molecular flexibility index (Phi) is 7.15. The summed E-state index contributed by atoms with van der Waals surface area (Å²) in [7, 11) is 0. The van der Waals surface area contributed by atoms with Crippen LogP contribution in [0.5, 0.6) is 0 Å². The fourth-order valence-electron chi connectivity index (χ4n) is 9.42. The maximum Gasteiger partial charge on any atom is 0.0543 e. The summed E-state index contributed by atoms with van der Waals surface area (Å²) < 4.78 is 2.47. The average molecular weight is 717 g/mol. The van der Waals surface area contributed by atoms with Gasteiger partial charge >= 0.3 is 0 Å². The SMILES string of the molecule is Cc1ccc2c(c1)c1cc(-c3ccccc3)ccc1n2-c1ccc2c(c1)C(C)(C)c1cc(N(c3ccccc3)c3ccc4ccccc4c3)c3ccccc3c1-2. The number of rotatable bonds is 5. The minimum Gasteiger partial charge on any atom is -0.310 e.